The number of nitrogens with two attached hydrogens (primary N) is 1. The monoisotopic (exact) mass is 1040 g/mol. The summed E-state index contributed by atoms with van der Waals surface area (Å²) in [5, 5.41) is 104. The van der Waals surface area contributed by atoms with E-state index in [2.05, 4.69) is 46.0 Å². The van der Waals surface area contributed by atoms with Crippen molar-refractivity contribution in [3.05, 3.63) is 11.6 Å². The van der Waals surface area contributed by atoms with E-state index < -0.39 is 145 Å². The molecule has 20 nitrogen and oxygen atoms in total. The van der Waals surface area contributed by atoms with Gasteiger partial charge in [-0.15, -0.1) is 0 Å². The van der Waals surface area contributed by atoms with E-state index in [1.807, 2.05) is 6.92 Å². The zero-order chi connectivity index (χ0) is 53.4. The maximum Gasteiger partial charge on any atom is 0.317 e. The number of carbonyl (C=O) groups excluding carboxylic acids is 3. The number of esters is 1. The van der Waals surface area contributed by atoms with E-state index in [0.717, 1.165) is 31.1 Å². The maximum atomic E-state index is 15.6. The number of fused-ring (bicyclic) bond motifs is 7. The van der Waals surface area contributed by atoms with E-state index in [0.29, 0.717) is 51.5 Å². The first-order chi connectivity index (χ1) is 34.3. The summed E-state index contributed by atoms with van der Waals surface area (Å²) in [6.45, 7) is 13.8. The summed E-state index contributed by atoms with van der Waals surface area (Å²) in [6, 6.07) is -1.34. The van der Waals surface area contributed by atoms with Gasteiger partial charge in [0.2, 0.25) is 12.2 Å². The van der Waals surface area contributed by atoms with Crippen LogP contribution in [0.4, 0.5) is 0 Å². The fourth-order valence-corrected chi connectivity index (χ4v) is 15.7. The van der Waals surface area contributed by atoms with Gasteiger partial charge in [0.05, 0.1) is 43.0 Å². The lowest BCUT2D eigenvalue weighted by Crippen LogP contribution is -2.69. The van der Waals surface area contributed by atoms with Gasteiger partial charge in [-0.1, -0.05) is 59.6 Å². The molecule has 24 atom stereocenters. The number of hydrogen-bond acceptors (Lipinski definition) is 19. The molecule has 0 aromatic heterocycles. The maximum absolute atomic E-state index is 15.6. The highest BCUT2D eigenvalue weighted by Crippen LogP contribution is 2.76. The molecule has 0 spiro atoms. The molecule has 4 saturated carbocycles. The van der Waals surface area contributed by atoms with Crippen molar-refractivity contribution < 1.29 is 88.8 Å². The lowest BCUT2D eigenvalue weighted by molar-refractivity contribution is -0.370. The minimum atomic E-state index is -1.93. The van der Waals surface area contributed by atoms with Crippen molar-refractivity contribution in [3.63, 3.8) is 0 Å². The Hall–Kier alpha value is -2.25. The second-order valence-electron chi connectivity index (χ2n) is 25.0. The molecule has 8 aliphatic rings. The third kappa shape index (κ3) is 9.59. The van der Waals surface area contributed by atoms with Gasteiger partial charge in [-0.2, -0.15) is 0 Å². The average Bonchev–Trinajstić information content (AvgIpc) is 3.33. The summed E-state index contributed by atoms with van der Waals surface area (Å²) in [5.74, 6) is -1.72. The normalized spacial score (nSPS) is 50.5. The summed E-state index contributed by atoms with van der Waals surface area (Å²) in [4.78, 5) is 41.7. The highest BCUT2D eigenvalue weighted by atomic mass is 16.8. The Morgan fingerprint density at radius 1 is 0.781 bits per heavy atom. The summed E-state index contributed by atoms with van der Waals surface area (Å²) in [6.07, 6.45) is -12.8. The van der Waals surface area contributed by atoms with Crippen molar-refractivity contribution in [1.82, 2.24) is 5.32 Å². The molecule has 416 valence electrons. The molecule has 8 rings (SSSR count). The number of allylic oxidation sites excluding steroid dienone is 2. The van der Waals surface area contributed by atoms with Gasteiger partial charge in [-0.3, -0.25) is 9.59 Å². The van der Waals surface area contributed by atoms with Crippen LogP contribution in [0.3, 0.4) is 0 Å². The smallest absolute Gasteiger partial charge is 0.317 e. The number of hydrogen-bond donors (Lipinski definition) is 11. The van der Waals surface area contributed by atoms with Gasteiger partial charge < -0.3 is 90.2 Å². The molecule has 20 heteroatoms. The molecule has 7 fully saturated rings. The highest BCUT2D eigenvalue weighted by Gasteiger charge is 2.72. The molecule has 12 N–H and O–H groups in total. The first-order valence-corrected chi connectivity index (χ1v) is 26.9. The molecule has 3 saturated heterocycles. The Kier molecular flexibility index (Phi) is 16.5. The van der Waals surface area contributed by atoms with Crippen LogP contribution in [0.2, 0.25) is 0 Å². The van der Waals surface area contributed by atoms with E-state index in [-0.39, 0.29) is 47.3 Å². The number of amides is 1. The Bertz CT molecular complexity index is 2030. The predicted octanol–water partition coefficient (Wildman–Crippen LogP) is 0.600. The van der Waals surface area contributed by atoms with Crippen LogP contribution in [0.15, 0.2) is 11.6 Å². The van der Waals surface area contributed by atoms with Crippen LogP contribution in [0.5, 0.6) is 0 Å². The lowest BCUT2D eigenvalue weighted by atomic mass is 9.33. The molecule has 11 unspecified atom stereocenters. The molecule has 0 aromatic carbocycles. The predicted molar refractivity (Wildman–Crippen MR) is 258 cm³/mol. The zero-order valence-corrected chi connectivity index (χ0v) is 43.7. The number of rotatable bonds is 14. The molecule has 1 amide bonds. The number of ether oxygens (including phenoxy) is 6. The SMILES string of the molecule is C[C@H]1O[C@@H](OC2C(O)[C@@H](NC(=O)CCCCCN)[C@@H](CO)O[C@H]2OC(=O)[C@]23CCC(C)(C)CC2C2=CCC4C5(C)CC[C@H](O)C(C)(C=O)[C@@H]5CCC4(C)[C@]2(C)C[C@@H]3O)C(O)C(O)[C@H]1O[C@@H]1OC[C@@H](O)C(O)C1O. The van der Waals surface area contributed by atoms with E-state index in [1.165, 1.54) is 6.92 Å². The average molecular weight is 1040 g/mol. The second kappa shape index (κ2) is 21.2. The van der Waals surface area contributed by atoms with Gasteiger partial charge in [0.1, 0.15) is 60.5 Å². The molecule has 3 heterocycles. The van der Waals surface area contributed by atoms with Crippen molar-refractivity contribution in [2.24, 2.45) is 56.0 Å². The molecule has 0 radical (unpaired) electrons. The number of carbonyl (C=O) groups is 3. The van der Waals surface area contributed by atoms with Crippen molar-refractivity contribution in [2.45, 2.75) is 230 Å². The van der Waals surface area contributed by atoms with Gasteiger partial charge in [0, 0.05) is 6.42 Å². The Morgan fingerprint density at radius 2 is 1.48 bits per heavy atom. The van der Waals surface area contributed by atoms with Crippen molar-refractivity contribution in [2.75, 3.05) is 19.8 Å². The van der Waals surface area contributed by atoms with Gasteiger partial charge >= 0.3 is 5.97 Å². The molecular weight excluding hydrogens is 953 g/mol. The van der Waals surface area contributed by atoms with Crippen molar-refractivity contribution >= 4 is 18.2 Å². The standard InChI is InChI=1S/C53H86N2O18/c1-26-42(71-44-40(65)37(62)29(58)24-68-44)39(64)41(66)45(69-26)72-43-38(63)36(55-35(61)11-9-8-10-20-54)30(23-56)70-46(43)73-47(67)53-19-18-48(2,3)21-28(53)27-12-13-32-49(4)16-15-33(59)50(5,25-57)31(49)14-17-51(32,6)52(27,7)22-34(53)60/h12,25-26,28-34,36-46,56,58-60,62-66H,8-11,13-24,54H2,1-7H3,(H,55,61)/t26-,28?,29-,30-,31-,32?,33+,34+,36+,37?,38?,39?,40?,41?,42+,43?,44+,45+,46+,49?,50?,51?,52-,53-/m1/s1. The van der Waals surface area contributed by atoms with Crippen LogP contribution in [0, 0.1) is 50.2 Å². The molecule has 73 heavy (non-hydrogen) atoms. The topological polar surface area (TPSA) is 327 Å². The zero-order valence-electron chi connectivity index (χ0n) is 43.7. The van der Waals surface area contributed by atoms with Crippen molar-refractivity contribution in [3.8, 4) is 0 Å². The van der Waals surface area contributed by atoms with Gasteiger partial charge in [-0.05, 0) is 124 Å². The Balaban J connectivity index is 1.10. The van der Waals surface area contributed by atoms with E-state index >= 15 is 4.79 Å². The Morgan fingerprint density at radius 3 is 2.16 bits per heavy atom. The second-order valence-corrected chi connectivity index (χ2v) is 25.0. The number of aldehydes is 1. The third-order valence-electron chi connectivity index (χ3n) is 20.3. The minimum Gasteiger partial charge on any atom is -0.432 e. The highest BCUT2D eigenvalue weighted by molar-refractivity contribution is 5.80. The van der Waals surface area contributed by atoms with E-state index in [9.17, 15) is 55.5 Å². The van der Waals surface area contributed by atoms with Crippen LogP contribution in [-0.2, 0) is 42.8 Å². The minimum absolute atomic E-state index is 0.0375. The number of nitrogens with one attached hydrogen (secondary N) is 1. The number of aliphatic hydroxyl groups is 9. The summed E-state index contributed by atoms with van der Waals surface area (Å²) in [7, 11) is 0. The Labute approximate surface area is 428 Å². The van der Waals surface area contributed by atoms with Gasteiger partial charge in [0.25, 0.3) is 0 Å². The van der Waals surface area contributed by atoms with Gasteiger partial charge in [-0.25, -0.2) is 0 Å². The van der Waals surface area contributed by atoms with Crippen LogP contribution in [0.25, 0.3) is 0 Å². The van der Waals surface area contributed by atoms with Crippen LogP contribution < -0.4 is 11.1 Å². The number of unbranched alkanes of at least 4 members (excludes halogenated alkanes) is 2. The fourth-order valence-electron chi connectivity index (χ4n) is 15.7. The largest absolute Gasteiger partial charge is 0.432 e. The van der Waals surface area contributed by atoms with Gasteiger partial charge in [0.15, 0.2) is 18.7 Å². The van der Waals surface area contributed by atoms with Crippen LogP contribution in [0.1, 0.15) is 132 Å². The molecular formula is C53H86N2O18. The first kappa shape index (κ1) is 56.9. The quantitative estimate of drug-likeness (QED) is 0.0491. The van der Waals surface area contributed by atoms with Crippen LogP contribution in [-0.4, -0.2) is 182 Å². The lowest BCUT2D eigenvalue weighted by Gasteiger charge is -2.71. The van der Waals surface area contributed by atoms with E-state index in [4.69, 9.17) is 34.2 Å². The number of aliphatic hydroxyl groups excluding tert-OH is 9. The summed E-state index contributed by atoms with van der Waals surface area (Å²) < 4.78 is 36.2. The third-order valence-corrected chi connectivity index (χ3v) is 20.3. The summed E-state index contributed by atoms with van der Waals surface area (Å²) in [5.41, 5.74) is 2.84. The van der Waals surface area contributed by atoms with Crippen molar-refractivity contribution in [1.29, 1.82) is 0 Å². The van der Waals surface area contributed by atoms with Crippen LogP contribution >= 0.6 is 0 Å². The summed E-state index contributed by atoms with van der Waals surface area (Å²) >= 11 is 0. The fraction of sp³-hybridized carbons (Fsp3) is 0.906. The first-order valence-electron chi connectivity index (χ1n) is 26.9. The molecule has 3 aliphatic heterocycles. The molecule has 0 bridgehead atoms. The molecule has 0 aromatic rings. The van der Waals surface area contributed by atoms with E-state index in [1.54, 1.807) is 0 Å². The molecule has 5 aliphatic carbocycles.